The molecule has 0 aliphatic carbocycles. The Morgan fingerprint density at radius 2 is 1.64 bits per heavy atom. The first-order valence-electron chi connectivity index (χ1n) is 13.7. The Morgan fingerprint density at radius 3 is 2.14 bits per heavy atom. The number of benzene rings is 1. The monoisotopic (exact) mass is 497 g/mol. The number of Topliss-reactive ketones (excluding diaryl/α,β-unsaturated/α-hetero) is 2. The van der Waals surface area contributed by atoms with Crippen LogP contribution in [0.2, 0.25) is 0 Å². The molecule has 2 rings (SSSR count). The third-order valence-electron chi connectivity index (χ3n) is 6.25. The standard InChI is InChI=1S/C27H41N3O2.C2H6.C2H4/c1-6-8-25(20(4)27(32)24(7-2)21(5)31)30-26(29-23-15-17-28-18-16-23)14-13-22-11-9-19(3)10-12-22;2*1-2/h9-12,23-24,28H,6-8,13-18H2,1-5H3,(H,29,30);1-2H3;1-2H2/b25-20+;;. The molecule has 1 aliphatic rings. The smallest absolute Gasteiger partial charge is 0.170 e. The second-order valence-electron chi connectivity index (χ2n) is 8.96. The van der Waals surface area contributed by atoms with Gasteiger partial charge in [-0.1, -0.05) is 63.9 Å². The van der Waals surface area contributed by atoms with E-state index in [4.69, 9.17) is 4.99 Å². The molecule has 202 valence electrons. The van der Waals surface area contributed by atoms with Crippen molar-refractivity contribution in [1.82, 2.24) is 10.6 Å². The van der Waals surface area contributed by atoms with E-state index >= 15 is 0 Å². The molecule has 0 aromatic heterocycles. The third kappa shape index (κ3) is 11.9. The van der Waals surface area contributed by atoms with Gasteiger partial charge >= 0.3 is 0 Å². The van der Waals surface area contributed by atoms with Gasteiger partial charge in [-0.25, -0.2) is 0 Å². The lowest BCUT2D eigenvalue weighted by molar-refractivity contribution is -0.129. The number of hydrogen-bond acceptors (Lipinski definition) is 4. The van der Waals surface area contributed by atoms with Crippen LogP contribution in [0.1, 0.15) is 91.2 Å². The minimum atomic E-state index is -0.555. The van der Waals surface area contributed by atoms with E-state index < -0.39 is 5.92 Å². The quantitative estimate of drug-likeness (QED) is 0.117. The Balaban J connectivity index is 0.00000291. The molecule has 0 spiro atoms. The fourth-order valence-electron chi connectivity index (χ4n) is 4.17. The summed E-state index contributed by atoms with van der Waals surface area (Å²) in [4.78, 5) is 30.1. The van der Waals surface area contributed by atoms with Crippen molar-refractivity contribution in [2.45, 2.75) is 99.5 Å². The van der Waals surface area contributed by atoms with E-state index in [1.165, 1.54) is 18.1 Å². The van der Waals surface area contributed by atoms with Crippen LogP contribution in [0.15, 0.2) is 53.7 Å². The highest BCUT2D eigenvalue weighted by Crippen LogP contribution is 2.18. The van der Waals surface area contributed by atoms with Gasteiger partial charge in [-0.05, 0) is 71.5 Å². The van der Waals surface area contributed by atoms with Crippen molar-refractivity contribution < 1.29 is 9.59 Å². The predicted molar refractivity (Wildman–Crippen MR) is 156 cm³/mol. The van der Waals surface area contributed by atoms with E-state index in [-0.39, 0.29) is 11.6 Å². The largest absolute Gasteiger partial charge is 0.347 e. The molecule has 1 atom stereocenters. The fraction of sp³-hybridized carbons (Fsp3) is 0.581. The minimum absolute atomic E-state index is 0.0595. The van der Waals surface area contributed by atoms with Crippen LogP contribution in [-0.4, -0.2) is 36.5 Å². The van der Waals surface area contributed by atoms with E-state index in [9.17, 15) is 9.59 Å². The number of amidine groups is 1. The number of aliphatic imine (C=N–C) groups is 1. The molecule has 0 amide bonds. The zero-order valence-electron chi connectivity index (χ0n) is 24.0. The lowest BCUT2D eigenvalue weighted by atomic mass is 9.91. The molecule has 1 saturated heterocycles. The summed E-state index contributed by atoms with van der Waals surface area (Å²) in [5, 5.41) is 6.96. The van der Waals surface area contributed by atoms with Gasteiger partial charge in [0.15, 0.2) is 5.78 Å². The molecule has 36 heavy (non-hydrogen) atoms. The van der Waals surface area contributed by atoms with Crippen molar-refractivity contribution in [1.29, 1.82) is 0 Å². The molecule has 0 radical (unpaired) electrons. The first-order chi connectivity index (χ1) is 17.3. The summed E-state index contributed by atoms with van der Waals surface area (Å²) in [6, 6.07) is 8.94. The van der Waals surface area contributed by atoms with E-state index in [1.807, 2.05) is 27.7 Å². The summed E-state index contributed by atoms with van der Waals surface area (Å²) in [6.45, 7) is 21.5. The number of nitrogens with one attached hydrogen (secondary N) is 2. The molecule has 1 aliphatic heterocycles. The van der Waals surface area contributed by atoms with Crippen molar-refractivity contribution in [3.05, 3.63) is 59.8 Å². The lowest BCUT2D eigenvalue weighted by Gasteiger charge is -2.23. The van der Waals surface area contributed by atoms with Crippen LogP contribution in [0, 0.1) is 12.8 Å². The van der Waals surface area contributed by atoms with Crippen LogP contribution in [0.4, 0.5) is 0 Å². The second-order valence-corrected chi connectivity index (χ2v) is 8.96. The molecule has 1 fully saturated rings. The molecule has 5 heteroatoms. The normalized spacial score (nSPS) is 15.4. The molecular weight excluding hydrogens is 446 g/mol. The number of ketones is 2. The topological polar surface area (TPSA) is 70.6 Å². The number of allylic oxidation sites excluding steroid dienone is 2. The summed E-state index contributed by atoms with van der Waals surface area (Å²) in [5.41, 5.74) is 4.12. The average Bonchev–Trinajstić information content (AvgIpc) is 2.90. The number of carbonyl (C=O) groups excluding carboxylic acids is 2. The highest BCUT2D eigenvalue weighted by molar-refractivity contribution is 6.09. The SMILES string of the molecule is C=C.CC.CCC/C(NC(CCc1ccc(C)cc1)=NC1CCNCC1)=C(/C)C(=O)C(CC)C(C)=O. The maximum Gasteiger partial charge on any atom is 0.170 e. The van der Waals surface area contributed by atoms with Crippen molar-refractivity contribution in [3.8, 4) is 0 Å². The molecule has 1 aromatic carbocycles. The van der Waals surface area contributed by atoms with Gasteiger partial charge in [-0.15, -0.1) is 13.2 Å². The number of nitrogens with zero attached hydrogens (tertiary/aromatic N) is 1. The minimum Gasteiger partial charge on any atom is -0.347 e. The molecule has 1 heterocycles. The van der Waals surface area contributed by atoms with Crippen LogP contribution in [0.25, 0.3) is 0 Å². The summed E-state index contributed by atoms with van der Waals surface area (Å²) in [6.07, 6.45) is 5.98. The summed E-state index contributed by atoms with van der Waals surface area (Å²) in [7, 11) is 0. The molecule has 5 nitrogen and oxygen atoms in total. The van der Waals surface area contributed by atoms with Gasteiger partial charge < -0.3 is 10.6 Å². The van der Waals surface area contributed by atoms with Gasteiger partial charge in [0.1, 0.15) is 11.6 Å². The van der Waals surface area contributed by atoms with E-state index in [1.54, 1.807) is 0 Å². The number of piperidine rings is 1. The van der Waals surface area contributed by atoms with Crippen molar-refractivity contribution in [3.63, 3.8) is 0 Å². The summed E-state index contributed by atoms with van der Waals surface area (Å²) < 4.78 is 0. The molecule has 2 N–H and O–H groups in total. The number of carbonyl (C=O) groups is 2. The third-order valence-corrected chi connectivity index (χ3v) is 6.25. The molecular formula is C31H51N3O2. The van der Waals surface area contributed by atoms with Gasteiger partial charge in [0.25, 0.3) is 0 Å². The number of aryl methyl sites for hydroxylation is 2. The fourth-order valence-corrected chi connectivity index (χ4v) is 4.17. The molecule has 0 bridgehead atoms. The van der Waals surface area contributed by atoms with Crippen LogP contribution >= 0.6 is 0 Å². The number of rotatable bonds is 11. The summed E-state index contributed by atoms with van der Waals surface area (Å²) >= 11 is 0. The van der Waals surface area contributed by atoms with Crippen molar-refractivity contribution in [2.75, 3.05) is 13.1 Å². The predicted octanol–water partition coefficient (Wildman–Crippen LogP) is 6.75. The van der Waals surface area contributed by atoms with Gasteiger partial charge in [0.05, 0.1) is 12.0 Å². The van der Waals surface area contributed by atoms with E-state index in [0.717, 1.165) is 63.1 Å². The van der Waals surface area contributed by atoms with Crippen LogP contribution in [-0.2, 0) is 16.0 Å². The Labute approximate surface area is 220 Å². The molecule has 0 saturated carbocycles. The van der Waals surface area contributed by atoms with Crippen LogP contribution in [0.3, 0.4) is 0 Å². The zero-order chi connectivity index (χ0) is 27.5. The highest BCUT2D eigenvalue weighted by Gasteiger charge is 2.24. The van der Waals surface area contributed by atoms with Crippen LogP contribution < -0.4 is 10.6 Å². The summed E-state index contributed by atoms with van der Waals surface area (Å²) in [5.74, 6) is 0.274. The maximum atomic E-state index is 13.0. The Hall–Kier alpha value is -2.53. The van der Waals surface area contributed by atoms with Gasteiger partial charge in [-0.3, -0.25) is 14.6 Å². The van der Waals surface area contributed by atoms with Gasteiger partial charge in [0.2, 0.25) is 0 Å². The Kier molecular flexibility index (Phi) is 18.3. The number of hydrogen-bond donors (Lipinski definition) is 2. The second kappa shape index (κ2) is 19.6. The van der Waals surface area contributed by atoms with Gasteiger partial charge in [0, 0.05) is 17.7 Å². The highest BCUT2D eigenvalue weighted by atomic mass is 16.1. The van der Waals surface area contributed by atoms with E-state index in [0.29, 0.717) is 18.0 Å². The first kappa shape index (κ1) is 33.5. The molecule has 1 aromatic rings. The Bertz CT molecular complexity index is 834. The Morgan fingerprint density at radius 1 is 1.06 bits per heavy atom. The van der Waals surface area contributed by atoms with Crippen LogP contribution in [0.5, 0.6) is 0 Å². The molecule has 1 unspecified atom stereocenters. The first-order valence-corrected chi connectivity index (χ1v) is 13.7. The van der Waals surface area contributed by atoms with Crippen molar-refractivity contribution >= 4 is 17.4 Å². The van der Waals surface area contributed by atoms with Gasteiger partial charge in [-0.2, -0.15) is 0 Å². The lowest BCUT2D eigenvalue weighted by Crippen LogP contribution is -2.33. The zero-order valence-corrected chi connectivity index (χ0v) is 24.0. The maximum absolute atomic E-state index is 13.0. The van der Waals surface area contributed by atoms with E-state index in [2.05, 4.69) is 61.9 Å². The average molecular weight is 498 g/mol. The van der Waals surface area contributed by atoms with Crippen molar-refractivity contribution in [2.24, 2.45) is 10.9 Å².